The molecule has 0 aromatic heterocycles. The third-order valence-electron chi connectivity index (χ3n) is 1.68. The van der Waals surface area contributed by atoms with Gasteiger partial charge in [-0.1, -0.05) is 0 Å². The molecule has 0 aliphatic carbocycles. The number of carbonyl (C=O) groups is 1. The van der Waals surface area contributed by atoms with Crippen LogP contribution in [0.4, 0.5) is 13.2 Å². The number of alkyl halides is 3. The van der Waals surface area contributed by atoms with Crippen molar-refractivity contribution in [3.63, 3.8) is 0 Å². The van der Waals surface area contributed by atoms with Crippen molar-refractivity contribution >= 4 is 5.91 Å². The van der Waals surface area contributed by atoms with Crippen LogP contribution in [0, 0.1) is 0 Å². The van der Waals surface area contributed by atoms with Crippen molar-refractivity contribution in [2.75, 3.05) is 13.1 Å². The van der Waals surface area contributed by atoms with Crippen molar-refractivity contribution in [1.29, 1.82) is 0 Å². The number of amides is 1. The van der Waals surface area contributed by atoms with Crippen LogP contribution in [-0.4, -0.2) is 30.1 Å². The molecule has 1 amide bonds. The molecule has 2 N–H and O–H groups in total. The zero-order valence-electron chi connectivity index (χ0n) is 8.06. The van der Waals surface area contributed by atoms with Gasteiger partial charge in [0, 0.05) is 19.2 Å². The smallest absolute Gasteiger partial charge is 0.395 e. The predicted octanol–water partition coefficient (Wildman–Crippen LogP) is 1.26. The molecule has 0 aliphatic heterocycles. The molecule has 0 aromatic rings. The van der Waals surface area contributed by atoms with E-state index in [0.717, 1.165) is 0 Å². The normalized spacial score (nSPS) is 12.8. The molecule has 0 saturated carbocycles. The van der Waals surface area contributed by atoms with Gasteiger partial charge in [0.2, 0.25) is 5.91 Å². The van der Waals surface area contributed by atoms with Crippen molar-refractivity contribution in [2.24, 2.45) is 5.73 Å². The second-order valence-corrected chi connectivity index (χ2v) is 2.61. The van der Waals surface area contributed by atoms with Crippen molar-refractivity contribution in [1.82, 2.24) is 4.90 Å². The van der Waals surface area contributed by atoms with Gasteiger partial charge in [-0.25, -0.2) is 0 Å². The van der Waals surface area contributed by atoms with Crippen LogP contribution in [0.25, 0.3) is 0 Å². The lowest BCUT2D eigenvalue weighted by Gasteiger charge is -2.17. The highest BCUT2D eigenvalue weighted by Crippen LogP contribution is 2.21. The summed E-state index contributed by atoms with van der Waals surface area (Å²) in [5.41, 5.74) is 3.32. The first-order chi connectivity index (χ1) is 6.32. The molecular formula is C8H13F3N2O. The minimum absolute atomic E-state index is 0.358. The Morgan fingerprint density at radius 2 is 1.79 bits per heavy atom. The molecule has 0 unspecified atom stereocenters. The van der Waals surface area contributed by atoms with Gasteiger partial charge in [-0.3, -0.25) is 4.79 Å². The number of nitrogens with two attached hydrogens (primary N) is 1. The minimum atomic E-state index is -4.64. The highest BCUT2D eigenvalue weighted by molar-refractivity contribution is 5.88. The maximum atomic E-state index is 11.9. The van der Waals surface area contributed by atoms with E-state index in [9.17, 15) is 18.0 Å². The average molecular weight is 210 g/mol. The Morgan fingerprint density at radius 1 is 1.36 bits per heavy atom. The van der Waals surface area contributed by atoms with Crippen molar-refractivity contribution in [2.45, 2.75) is 20.0 Å². The van der Waals surface area contributed by atoms with Crippen LogP contribution in [0.2, 0.25) is 0 Å². The molecule has 14 heavy (non-hydrogen) atoms. The van der Waals surface area contributed by atoms with Gasteiger partial charge >= 0.3 is 6.18 Å². The zero-order chi connectivity index (χ0) is 11.4. The Hall–Kier alpha value is -1.20. The quantitative estimate of drug-likeness (QED) is 0.713. The van der Waals surface area contributed by atoms with E-state index in [1.54, 1.807) is 13.8 Å². The molecule has 0 spiro atoms. The highest BCUT2D eigenvalue weighted by Gasteiger charge is 2.32. The Labute approximate surface area is 80.4 Å². The first kappa shape index (κ1) is 12.8. The lowest BCUT2D eigenvalue weighted by molar-refractivity contribution is -0.127. The van der Waals surface area contributed by atoms with Gasteiger partial charge in [0.05, 0.1) is 0 Å². The second kappa shape index (κ2) is 4.88. The summed E-state index contributed by atoms with van der Waals surface area (Å²) in [7, 11) is 0. The summed E-state index contributed by atoms with van der Waals surface area (Å²) < 4.78 is 35.8. The van der Waals surface area contributed by atoms with Crippen LogP contribution in [0.15, 0.2) is 11.8 Å². The Kier molecular flexibility index (Phi) is 4.46. The van der Waals surface area contributed by atoms with Crippen LogP contribution in [-0.2, 0) is 4.79 Å². The number of allylic oxidation sites excluding steroid dienone is 1. The molecule has 0 aliphatic rings. The van der Waals surface area contributed by atoms with Gasteiger partial charge in [0.15, 0.2) is 0 Å². The maximum Gasteiger partial charge on any atom is 0.430 e. The van der Waals surface area contributed by atoms with E-state index in [2.05, 4.69) is 5.73 Å². The molecule has 0 bridgehead atoms. The second-order valence-electron chi connectivity index (χ2n) is 2.61. The van der Waals surface area contributed by atoms with Crippen molar-refractivity contribution < 1.29 is 18.0 Å². The summed E-state index contributed by atoms with van der Waals surface area (Å²) in [5, 5.41) is 0. The van der Waals surface area contributed by atoms with Crippen molar-refractivity contribution in [3.8, 4) is 0 Å². The zero-order valence-corrected chi connectivity index (χ0v) is 8.06. The topological polar surface area (TPSA) is 46.3 Å². The minimum Gasteiger partial charge on any atom is -0.395 e. The number of hydrogen-bond donors (Lipinski definition) is 1. The molecule has 0 atom stereocenters. The third kappa shape index (κ3) is 3.68. The van der Waals surface area contributed by atoms with E-state index in [1.165, 1.54) is 4.90 Å². The Balaban J connectivity index is 4.58. The number of likely N-dealkylation sites (N-methyl/N-ethyl adjacent to an activating group) is 1. The Bertz CT molecular complexity index is 231. The molecule has 3 nitrogen and oxygen atoms in total. The van der Waals surface area contributed by atoms with Crippen LogP contribution in [0.1, 0.15) is 13.8 Å². The number of hydrogen-bond acceptors (Lipinski definition) is 2. The van der Waals surface area contributed by atoms with Gasteiger partial charge < -0.3 is 10.6 Å². The summed E-state index contributed by atoms with van der Waals surface area (Å²) >= 11 is 0. The Morgan fingerprint density at radius 3 is 2.07 bits per heavy atom. The van der Waals surface area contributed by atoms with Crippen LogP contribution < -0.4 is 5.73 Å². The monoisotopic (exact) mass is 210 g/mol. The van der Waals surface area contributed by atoms with E-state index in [4.69, 9.17) is 0 Å². The summed E-state index contributed by atoms with van der Waals surface area (Å²) in [6.07, 6.45) is -4.23. The van der Waals surface area contributed by atoms with Crippen LogP contribution in [0.5, 0.6) is 0 Å². The molecule has 0 saturated heterocycles. The fourth-order valence-corrected chi connectivity index (χ4v) is 0.841. The highest BCUT2D eigenvalue weighted by atomic mass is 19.4. The van der Waals surface area contributed by atoms with Gasteiger partial charge in [-0.15, -0.1) is 0 Å². The fraction of sp³-hybridized carbons (Fsp3) is 0.625. The fourth-order valence-electron chi connectivity index (χ4n) is 0.841. The number of carbonyl (C=O) groups excluding carboxylic acids is 1. The number of nitrogens with zero attached hydrogens (tertiary/aromatic N) is 1. The largest absolute Gasteiger partial charge is 0.430 e. The summed E-state index contributed by atoms with van der Waals surface area (Å²) in [4.78, 5) is 12.4. The average Bonchev–Trinajstić information content (AvgIpc) is 2.04. The number of rotatable bonds is 3. The van der Waals surface area contributed by atoms with Gasteiger partial charge in [-0.2, -0.15) is 13.2 Å². The molecule has 0 rings (SSSR count). The molecule has 6 heteroatoms. The summed E-state index contributed by atoms with van der Waals surface area (Å²) in [6, 6.07) is 0. The van der Waals surface area contributed by atoms with E-state index < -0.39 is 17.8 Å². The SMILES string of the molecule is CCN(CC)C(=O)/C=C(/N)C(F)(F)F. The first-order valence-corrected chi connectivity index (χ1v) is 4.16. The molecule has 0 radical (unpaired) electrons. The van der Waals surface area contributed by atoms with Gasteiger partial charge in [0.25, 0.3) is 0 Å². The lowest BCUT2D eigenvalue weighted by atomic mass is 10.3. The predicted molar refractivity (Wildman–Crippen MR) is 46.3 cm³/mol. The van der Waals surface area contributed by atoms with E-state index >= 15 is 0 Å². The van der Waals surface area contributed by atoms with Crippen LogP contribution in [0.3, 0.4) is 0 Å². The standard InChI is InChI=1S/C8H13F3N2O/c1-3-13(4-2)7(14)5-6(12)8(9,10)11/h5H,3-4,12H2,1-2H3/b6-5+. The van der Waals surface area contributed by atoms with Crippen LogP contribution >= 0.6 is 0 Å². The summed E-state index contributed by atoms with van der Waals surface area (Å²) in [6.45, 7) is 4.08. The van der Waals surface area contributed by atoms with E-state index in [0.29, 0.717) is 19.2 Å². The van der Waals surface area contributed by atoms with E-state index in [-0.39, 0.29) is 0 Å². The molecule has 0 fully saturated rings. The molecule has 0 aromatic carbocycles. The summed E-state index contributed by atoms with van der Waals surface area (Å²) in [5.74, 6) is -0.718. The molecule has 82 valence electrons. The van der Waals surface area contributed by atoms with Gasteiger partial charge in [-0.05, 0) is 13.8 Å². The van der Waals surface area contributed by atoms with Crippen molar-refractivity contribution in [3.05, 3.63) is 11.8 Å². The molecule has 0 heterocycles. The third-order valence-corrected chi connectivity index (χ3v) is 1.68. The van der Waals surface area contributed by atoms with Gasteiger partial charge in [0.1, 0.15) is 5.70 Å². The lowest BCUT2D eigenvalue weighted by Crippen LogP contribution is -2.31. The first-order valence-electron chi connectivity index (χ1n) is 4.16. The maximum absolute atomic E-state index is 11.9. The van der Waals surface area contributed by atoms with E-state index in [1.807, 2.05) is 0 Å². The molecular weight excluding hydrogens is 197 g/mol. The number of halogens is 3.